The molecule has 0 spiro atoms. The number of unbranched alkanes of at least 4 members (excludes halogenated alkanes) is 3. The number of aliphatic hydroxyl groups is 1. The molecule has 0 bridgehead atoms. The first kappa shape index (κ1) is 15.4. The van der Waals surface area contributed by atoms with Gasteiger partial charge in [0.2, 0.25) is 0 Å². The fourth-order valence-electron chi connectivity index (χ4n) is 2.27. The molecule has 0 aromatic carbocycles. The normalized spacial score (nSPS) is 16.2. The summed E-state index contributed by atoms with van der Waals surface area (Å²) in [4.78, 5) is 2.29. The van der Waals surface area contributed by atoms with Crippen LogP contribution in [0.1, 0.15) is 37.8 Å². The van der Waals surface area contributed by atoms with Crippen molar-refractivity contribution in [1.29, 1.82) is 0 Å². The third-order valence-corrected chi connectivity index (χ3v) is 3.91. The minimum absolute atomic E-state index is 0.280. The average Bonchev–Trinajstić information content (AvgIpc) is 2.91. The summed E-state index contributed by atoms with van der Waals surface area (Å²) in [6.07, 6.45) is 7.31. The van der Waals surface area contributed by atoms with Crippen LogP contribution in [-0.2, 0) is 0 Å². The summed E-state index contributed by atoms with van der Waals surface area (Å²) < 4.78 is 14.4. The fourth-order valence-corrected chi connectivity index (χ4v) is 2.80. The highest BCUT2D eigenvalue weighted by atomic mass is 32.1. The molecule has 1 aliphatic heterocycles. The number of likely N-dealkylation sites (N-methyl/N-ethyl adjacent to an activating group) is 1. The molecule has 0 radical (unpaired) electrons. The van der Waals surface area contributed by atoms with Crippen molar-refractivity contribution in [1.82, 2.24) is 13.6 Å². The van der Waals surface area contributed by atoms with Crippen LogP contribution in [-0.4, -0.2) is 52.1 Å². The Labute approximate surface area is 124 Å². The molecule has 1 aromatic rings. The van der Waals surface area contributed by atoms with Gasteiger partial charge in [0, 0.05) is 19.7 Å². The van der Waals surface area contributed by atoms with E-state index in [1.807, 2.05) is 0 Å². The lowest BCUT2D eigenvalue weighted by atomic mass is 10.1. The van der Waals surface area contributed by atoms with Crippen LogP contribution in [0.25, 0.3) is 5.57 Å². The Hall–Kier alpha value is -0.980. The molecule has 0 amide bonds. The average molecular weight is 297 g/mol. The summed E-state index contributed by atoms with van der Waals surface area (Å²) in [5.41, 5.74) is 2.14. The molecule has 1 N–H and O–H groups in total. The van der Waals surface area contributed by atoms with Gasteiger partial charge in [-0.1, -0.05) is 12.5 Å². The molecule has 0 fully saturated rings. The van der Waals surface area contributed by atoms with E-state index in [1.165, 1.54) is 17.3 Å². The van der Waals surface area contributed by atoms with Gasteiger partial charge in [-0.3, -0.25) is 0 Å². The van der Waals surface area contributed by atoms with E-state index in [0.717, 1.165) is 50.9 Å². The third-order valence-electron chi connectivity index (χ3n) is 3.40. The Morgan fingerprint density at radius 1 is 1.30 bits per heavy atom. The molecule has 0 atom stereocenters. The van der Waals surface area contributed by atoms with E-state index < -0.39 is 0 Å². The number of aromatic nitrogens is 2. The van der Waals surface area contributed by atoms with Crippen molar-refractivity contribution < 1.29 is 9.84 Å². The highest BCUT2D eigenvalue weighted by molar-refractivity contribution is 6.99. The maximum Gasteiger partial charge on any atom is 0.253 e. The number of aliphatic hydroxyl groups excluding tert-OH is 1. The third kappa shape index (κ3) is 4.54. The number of nitrogens with zero attached hydrogens (tertiary/aromatic N) is 3. The lowest BCUT2D eigenvalue weighted by molar-refractivity contribution is 0.271. The summed E-state index contributed by atoms with van der Waals surface area (Å²) in [6.45, 7) is 2.97. The Balaban J connectivity index is 1.81. The first-order valence-electron chi connectivity index (χ1n) is 7.25. The predicted octanol–water partition coefficient (Wildman–Crippen LogP) is 2.19. The van der Waals surface area contributed by atoms with Gasteiger partial charge in [0.1, 0.15) is 5.69 Å². The van der Waals surface area contributed by atoms with Crippen LogP contribution < -0.4 is 4.74 Å². The van der Waals surface area contributed by atoms with Gasteiger partial charge < -0.3 is 14.7 Å². The van der Waals surface area contributed by atoms with Gasteiger partial charge in [0.25, 0.3) is 5.88 Å². The van der Waals surface area contributed by atoms with Crippen LogP contribution in [0.2, 0.25) is 0 Å². The molecule has 1 aromatic heterocycles. The predicted molar refractivity (Wildman–Crippen MR) is 81.0 cm³/mol. The van der Waals surface area contributed by atoms with Crippen LogP contribution in [0.5, 0.6) is 5.88 Å². The van der Waals surface area contributed by atoms with E-state index in [-0.39, 0.29) is 6.61 Å². The van der Waals surface area contributed by atoms with Crippen molar-refractivity contribution in [2.24, 2.45) is 0 Å². The second-order valence-electron chi connectivity index (χ2n) is 5.16. The van der Waals surface area contributed by atoms with Crippen LogP contribution in [0.3, 0.4) is 0 Å². The van der Waals surface area contributed by atoms with Gasteiger partial charge in [-0.05, 0) is 38.3 Å². The number of rotatable bonds is 8. The Bertz CT molecular complexity index is 434. The molecule has 0 saturated heterocycles. The van der Waals surface area contributed by atoms with E-state index in [2.05, 4.69) is 26.8 Å². The monoisotopic (exact) mass is 297 g/mol. The minimum Gasteiger partial charge on any atom is -0.475 e. The highest BCUT2D eigenvalue weighted by Gasteiger charge is 2.18. The molecule has 0 saturated carbocycles. The molecule has 0 aliphatic carbocycles. The smallest absolute Gasteiger partial charge is 0.253 e. The quantitative estimate of drug-likeness (QED) is 0.745. The summed E-state index contributed by atoms with van der Waals surface area (Å²) in [7, 11) is 2.12. The topological polar surface area (TPSA) is 58.5 Å². The van der Waals surface area contributed by atoms with E-state index in [0.29, 0.717) is 12.5 Å². The molecule has 2 heterocycles. The first-order chi connectivity index (χ1) is 9.81. The molecule has 5 nitrogen and oxygen atoms in total. The highest BCUT2D eigenvalue weighted by Crippen LogP contribution is 2.27. The largest absolute Gasteiger partial charge is 0.475 e. The number of ether oxygens (including phenoxy) is 1. The van der Waals surface area contributed by atoms with Gasteiger partial charge in [0.05, 0.1) is 18.3 Å². The van der Waals surface area contributed by atoms with Crippen molar-refractivity contribution >= 4 is 17.3 Å². The van der Waals surface area contributed by atoms with Gasteiger partial charge in [0.15, 0.2) is 0 Å². The van der Waals surface area contributed by atoms with Crippen molar-refractivity contribution in [3.8, 4) is 5.88 Å². The molecular formula is C14H23N3O2S. The summed E-state index contributed by atoms with van der Waals surface area (Å²) in [5.74, 6) is 0.679. The molecule has 1 aliphatic rings. The standard InChI is InChI=1S/C14H23N3O2S/c1-17-8-6-7-12(11-17)13-14(16-20-15-13)19-10-5-3-2-4-9-18/h7,18H,2-6,8-11H2,1H3. The second-order valence-corrected chi connectivity index (χ2v) is 5.69. The fraction of sp³-hybridized carbons (Fsp3) is 0.714. The van der Waals surface area contributed by atoms with Crippen LogP contribution >= 0.6 is 11.7 Å². The summed E-state index contributed by atoms with van der Waals surface area (Å²) in [6, 6.07) is 0. The number of hydrogen-bond acceptors (Lipinski definition) is 6. The van der Waals surface area contributed by atoms with E-state index in [1.54, 1.807) is 0 Å². The maximum atomic E-state index is 8.72. The summed E-state index contributed by atoms with van der Waals surface area (Å²) in [5, 5.41) is 8.72. The van der Waals surface area contributed by atoms with Crippen molar-refractivity contribution in [3.05, 3.63) is 11.8 Å². The molecule has 112 valence electrons. The second kappa shape index (κ2) is 8.34. The summed E-state index contributed by atoms with van der Waals surface area (Å²) >= 11 is 1.22. The molecule has 20 heavy (non-hydrogen) atoms. The number of hydrogen-bond donors (Lipinski definition) is 1. The first-order valence-corrected chi connectivity index (χ1v) is 7.98. The molecule has 0 unspecified atom stereocenters. The van der Waals surface area contributed by atoms with Gasteiger partial charge in [-0.25, -0.2) is 0 Å². The SMILES string of the molecule is CN1CCC=C(c2nsnc2OCCCCCCO)C1. The Morgan fingerprint density at radius 3 is 2.95 bits per heavy atom. The van der Waals surface area contributed by atoms with E-state index in [4.69, 9.17) is 9.84 Å². The zero-order valence-corrected chi connectivity index (χ0v) is 12.9. The van der Waals surface area contributed by atoms with Crippen molar-refractivity contribution in [2.75, 3.05) is 33.4 Å². The van der Waals surface area contributed by atoms with Gasteiger partial charge in [-0.2, -0.15) is 4.37 Å². The van der Waals surface area contributed by atoms with Crippen molar-refractivity contribution in [2.45, 2.75) is 32.1 Å². The zero-order chi connectivity index (χ0) is 14.2. The lowest BCUT2D eigenvalue weighted by Gasteiger charge is -2.22. The van der Waals surface area contributed by atoms with Gasteiger partial charge in [-0.15, -0.1) is 4.37 Å². The molecule has 2 rings (SSSR count). The van der Waals surface area contributed by atoms with Gasteiger partial charge >= 0.3 is 0 Å². The van der Waals surface area contributed by atoms with Crippen molar-refractivity contribution in [3.63, 3.8) is 0 Å². The van der Waals surface area contributed by atoms with E-state index in [9.17, 15) is 0 Å². The molecular weight excluding hydrogens is 274 g/mol. The zero-order valence-electron chi connectivity index (χ0n) is 12.0. The lowest BCUT2D eigenvalue weighted by Crippen LogP contribution is -2.25. The molecule has 6 heteroatoms. The Morgan fingerprint density at radius 2 is 2.15 bits per heavy atom. The maximum absolute atomic E-state index is 8.72. The minimum atomic E-state index is 0.280. The Kier molecular flexibility index (Phi) is 6.42. The van der Waals surface area contributed by atoms with Crippen LogP contribution in [0.4, 0.5) is 0 Å². The van der Waals surface area contributed by atoms with Crippen LogP contribution in [0.15, 0.2) is 6.08 Å². The van der Waals surface area contributed by atoms with E-state index >= 15 is 0 Å². The van der Waals surface area contributed by atoms with Crippen LogP contribution in [0, 0.1) is 0 Å².